The minimum absolute atomic E-state index is 0.489. The molecule has 2 N–H and O–H groups in total. The van der Waals surface area contributed by atoms with Crippen LogP contribution < -0.4 is 15.4 Å². The average molecular weight is 353 g/mol. The molecule has 1 fully saturated rings. The second-order valence-electron chi connectivity index (χ2n) is 6.35. The van der Waals surface area contributed by atoms with Crippen molar-refractivity contribution in [1.82, 2.24) is 15.5 Å². The maximum absolute atomic E-state index is 5.86. The zero-order valence-electron chi connectivity index (χ0n) is 14.9. The Kier molecular flexibility index (Phi) is 7.66. The Labute approximate surface area is 150 Å². The number of likely N-dealkylation sites (tertiary alicyclic amines) is 1. The summed E-state index contributed by atoms with van der Waals surface area (Å²) in [5.41, 5.74) is 0. The van der Waals surface area contributed by atoms with Crippen LogP contribution in [0.15, 0.2) is 29.3 Å². The maximum atomic E-state index is 5.86. The second kappa shape index (κ2) is 9.74. The lowest BCUT2D eigenvalue weighted by atomic mass is 10.0. The van der Waals surface area contributed by atoms with Gasteiger partial charge in [0.1, 0.15) is 12.4 Å². The van der Waals surface area contributed by atoms with Crippen molar-refractivity contribution in [2.45, 2.75) is 38.8 Å². The molecular formula is C18H29ClN4O. The van der Waals surface area contributed by atoms with Crippen molar-refractivity contribution in [2.75, 3.05) is 33.3 Å². The molecule has 0 aromatic heterocycles. The van der Waals surface area contributed by atoms with Gasteiger partial charge in [0, 0.05) is 37.2 Å². The lowest BCUT2D eigenvalue weighted by Crippen LogP contribution is -2.50. The van der Waals surface area contributed by atoms with E-state index in [-0.39, 0.29) is 0 Å². The molecule has 1 aliphatic rings. The largest absolute Gasteiger partial charge is 0.492 e. The van der Waals surface area contributed by atoms with Gasteiger partial charge in [-0.2, -0.15) is 0 Å². The minimum atomic E-state index is 0.489. The second-order valence-corrected chi connectivity index (χ2v) is 6.79. The van der Waals surface area contributed by atoms with E-state index in [0.717, 1.165) is 37.6 Å². The van der Waals surface area contributed by atoms with Crippen LogP contribution in [0.3, 0.4) is 0 Å². The summed E-state index contributed by atoms with van der Waals surface area (Å²) in [6.07, 6.45) is 2.31. The van der Waals surface area contributed by atoms with E-state index in [0.29, 0.717) is 30.3 Å². The fourth-order valence-electron chi connectivity index (χ4n) is 2.82. The van der Waals surface area contributed by atoms with Gasteiger partial charge in [-0.1, -0.05) is 11.6 Å². The average Bonchev–Trinajstić information content (AvgIpc) is 2.59. The first-order chi connectivity index (χ1) is 11.6. The predicted octanol–water partition coefficient (Wildman–Crippen LogP) is 2.76. The smallest absolute Gasteiger partial charge is 0.191 e. The number of aliphatic imine (C=N–C) groups is 1. The van der Waals surface area contributed by atoms with E-state index in [4.69, 9.17) is 16.3 Å². The van der Waals surface area contributed by atoms with Gasteiger partial charge in [0.15, 0.2) is 5.96 Å². The SMILES string of the molecule is CN=C(NCCOc1ccc(Cl)cc1)NC1CCN(C(C)C)CC1. The number of halogens is 1. The number of rotatable bonds is 6. The number of guanidine groups is 1. The standard InChI is InChI=1S/C18H29ClN4O/c1-14(2)23-11-8-16(9-12-23)22-18(20-3)21-10-13-24-17-6-4-15(19)5-7-17/h4-7,14,16H,8-13H2,1-3H3,(H2,20,21,22). The number of piperidine rings is 1. The van der Waals surface area contributed by atoms with Crippen LogP contribution in [0.4, 0.5) is 0 Å². The van der Waals surface area contributed by atoms with Gasteiger partial charge < -0.3 is 20.3 Å². The summed E-state index contributed by atoms with van der Waals surface area (Å²) in [5.74, 6) is 1.67. The minimum Gasteiger partial charge on any atom is -0.492 e. The Hall–Kier alpha value is -1.46. The molecule has 0 radical (unpaired) electrons. The molecule has 5 nitrogen and oxygen atoms in total. The van der Waals surface area contributed by atoms with Crippen LogP contribution in [-0.2, 0) is 0 Å². The molecule has 0 amide bonds. The molecule has 1 aliphatic heterocycles. The summed E-state index contributed by atoms with van der Waals surface area (Å²) < 4.78 is 5.68. The van der Waals surface area contributed by atoms with E-state index in [1.165, 1.54) is 0 Å². The zero-order valence-corrected chi connectivity index (χ0v) is 15.6. The summed E-state index contributed by atoms with van der Waals surface area (Å²) in [6, 6.07) is 8.52. The number of nitrogens with zero attached hydrogens (tertiary/aromatic N) is 2. The lowest BCUT2D eigenvalue weighted by Gasteiger charge is -2.35. The van der Waals surface area contributed by atoms with Crippen LogP contribution in [0.5, 0.6) is 5.75 Å². The van der Waals surface area contributed by atoms with Crippen molar-refractivity contribution >= 4 is 17.6 Å². The molecule has 0 saturated carbocycles. The van der Waals surface area contributed by atoms with E-state index in [1.54, 1.807) is 7.05 Å². The van der Waals surface area contributed by atoms with Crippen LogP contribution in [0.1, 0.15) is 26.7 Å². The highest BCUT2D eigenvalue weighted by atomic mass is 35.5. The van der Waals surface area contributed by atoms with Crippen molar-refractivity contribution in [2.24, 2.45) is 4.99 Å². The Balaban J connectivity index is 1.65. The fraction of sp³-hybridized carbons (Fsp3) is 0.611. The third kappa shape index (κ3) is 6.21. The van der Waals surface area contributed by atoms with Gasteiger partial charge in [-0.05, 0) is 51.0 Å². The van der Waals surface area contributed by atoms with Crippen molar-refractivity contribution in [1.29, 1.82) is 0 Å². The van der Waals surface area contributed by atoms with E-state index < -0.39 is 0 Å². The molecule has 0 bridgehead atoms. The van der Waals surface area contributed by atoms with Gasteiger partial charge in [0.2, 0.25) is 0 Å². The number of nitrogens with one attached hydrogen (secondary N) is 2. The first kappa shape index (κ1) is 18.9. The predicted molar refractivity (Wildman–Crippen MR) is 101 cm³/mol. The van der Waals surface area contributed by atoms with Crippen LogP contribution in [0.2, 0.25) is 5.02 Å². The van der Waals surface area contributed by atoms with Crippen LogP contribution in [0, 0.1) is 0 Å². The summed E-state index contributed by atoms with van der Waals surface area (Å²) in [6.45, 7) is 8.09. The third-order valence-electron chi connectivity index (χ3n) is 4.30. The normalized spacial score (nSPS) is 17.1. The molecule has 0 atom stereocenters. The summed E-state index contributed by atoms with van der Waals surface area (Å²) >= 11 is 5.86. The summed E-state index contributed by atoms with van der Waals surface area (Å²) in [5, 5.41) is 7.53. The number of benzene rings is 1. The Bertz CT molecular complexity index is 510. The van der Waals surface area contributed by atoms with Gasteiger partial charge in [0.25, 0.3) is 0 Å². The van der Waals surface area contributed by atoms with E-state index >= 15 is 0 Å². The molecule has 1 aromatic carbocycles. The maximum Gasteiger partial charge on any atom is 0.191 e. The molecule has 1 saturated heterocycles. The van der Waals surface area contributed by atoms with Crippen molar-refractivity contribution in [3.05, 3.63) is 29.3 Å². The fourth-order valence-corrected chi connectivity index (χ4v) is 2.94. The Morgan fingerprint density at radius 1 is 1.29 bits per heavy atom. The molecule has 24 heavy (non-hydrogen) atoms. The van der Waals surface area contributed by atoms with Crippen molar-refractivity contribution in [3.63, 3.8) is 0 Å². The van der Waals surface area contributed by atoms with E-state index in [9.17, 15) is 0 Å². The quantitative estimate of drug-likeness (QED) is 0.469. The van der Waals surface area contributed by atoms with Crippen LogP contribution in [-0.4, -0.2) is 56.2 Å². The molecule has 134 valence electrons. The Morgan fingerprint density at radius 2 is 1.96 bits per heavy atom. The number of ether oxygens (including phenoxy) is 1. The molecule has 0 spiro atoms. The van der Waals surface area contributed by atoms with Crippen molar-refractivity contribution < 1.29 is 4.74 Å². The number of hydrogen-bond donors (Lipinski definition) is 2. The molecule has 2 rings (SSSR count). The molecular weight excluding hydrogens is 324 g/mol. The van der Waals surface area contributed by atoms with E-state index in [2.05, 4.69) is 34.4 Å². The van der Waals surface area contributed by atoms with Gasteiger partial charge in [-0.3, -0.25) is 4.99 Å². The third-order valence-corrected chi connectivity index (χ3v) is 4.55. The zero-order chi connectivity index (χ0) is 17.4. The van der Waals surface area contributed by atoms with Gasteiger partial charge in [0.05, 0.1) is 6.54 Å². The molecule has 0 aliphatic carbocycles. The highest BCUT2D eigenvalue weighted by Crippen LogP contribution is 2.15. The first-order valence-corrected chi connectivity index (χ1v) is 9.06. The summed E-state index contributed by atoms with van der Waals surface area (Å²) in [4.78, 5) is 6.82. The van der Waals surface area contributed by atoms with Gasteiger partial charge >= 0.3 is 0 Å². The molecule has 1 heterocycles. The Morgan fingerprint density at radius 3 is 2.54 bits per heavy atom. The highest BCUT2D eigenvalue weighted by molar-refractivity contribution is 6.30. The lowest BCUT2D eigenvalue weighted by molar-refractivity contribution is 0.167. The van der Waals surface area contributed by atoms with Gasteiger partial charge in [-0.15, -0.1) is 0 Å². The van der Waals surface area contributed by atoms with Crippen LogP contribution >= 0.6 is 11.6 Å². The van der Waals surface area contributed by atoms with Gasteiger partial charge in [-0.25, -0.2) is 0 Å². The topological polar surface area (TPSA) is 48.9 Å². The highest BCUT2D eigenvalue weighted by Gasteiger charge is 2.21. The molecule has 1 aromatic rings. The first-order valence-electron chi connectivity index (χ1n) is 8.68. The summed E-state index contributed by atoms with van der Waals surface area (Å²) in [7, 11) is 1.80. The van der Waals surface area contributed by atoms with Crippen molar-refractivity contribution in [3.8, 4) is 5.75 Å². The number of hydrogen-bond acceptors (Lipinski definition) is 3. The molecule has 0 unspecified atom stereocenters. The monoisotopic (exact) mass is 352 g/mol. The van der Waals surface area contributed by atoms with Crippen LogP contribution in [0.25, 0.3) is 0 Å². The van der Waals surface area contributed by atoms with E-state index in [1.807, 2.05) is 24.3 Å². The molecule has 6 heteroatoms.